The third-order valence-electron chi connectivity index (χ3n) is 4.87. The first-order chi connectivity index (χ1) is 13.3. The third-order valence-corrected chi connectivity index (χ3v) is 5.97. The van der Waals surface area contributed by atoms with E-state index in [2.05, 4.69) is 34.3 Å². The summed E-state index contributed by atoms with van der Waals surface area (Å²) < 4.78 is 2.05. The van der Waals surface area contributed by atoms with E-state index in [0.29, 0.717) is 10.2 Å². The average molecular weight is 420 g/mol. The Morgan fingerprint density at radius 1 is 1.39 bits per heavy atom. The second kappa shape index (κ2) is 8.89. The highest BCUT2D eigenvalue weighted by Gasteiger charge is 2.24. The first-order valence-electron chi connectivity index (χ1n) is 9.04. The van der Waals surface area contributed by atoms with Gasteiger partial charge in [0.1, 0.15) is 0 Å². The van der Waals surface area contributed by atoms with Crippen LogP contribution in [-0.4, -0.2) is 56.9 Å². The number of nitrogens with zero attached hydrogens (tertiary/aromatic N) is 3. The van der Waals surface area contributed by atoms with Gasteiger partial charge in [0.15, 0.2) is 5.17 Å². The van der Waals surface area contributed by atoms with Crippen molar-refractivity contribution in [1.82, 2.24) is 15.2 Å². The van der Waals surface area contributed by atoms with Crippen molar-refractivity contribution < 1.29 is 9.37 Å². The molecule has 0 aliphatic carbocycles. The molecule has 0 saturated carbocycles. The number of benzene rings is 1. The maximum Gasteiger partial charge on any atom is 0.312 e. The predicted molar refractivity (Wildman–Crippen MR) is 115 cm³/mol. The number of rotatable bonds is 2. The number of aromatic nitrogens is 1. The predicted octanol–water partition coefficient (Wildman–Crippen LogP) is 2.40. The number of hydrogen-bond donors (Lipinski definition) is 3. The Morgan fingerprint density at radius 2 is 2.11 bits per heavy atom. The molecule has 1 unspecified atom stereocenters. The molecule has 1 amide bonds. The summed E-state index contributed by atoms with van der Waals surface area (Å²) in [6.07, 6.45) is 1.73. The van der Waals surface area contributed by atoms with Crippen LogP contribution in [0, 0.1) is 5.41 Å². The highest BCUT2D eigenvalue weighted by Crippen LogP contribution is 2.27. The van der Waals surface area contributed by atoms with E-state index in [1.165, 1.54) is 12.5 Å². The van der Waals surface area contributed by atoms with Crippen molar-refractivity contribution in [2.75, 3.05) is 26.2 Å². The summed E-state index contributed by atoms with van der Waals surface area (Å²) in [4.78, 5) is 17.8. The van der Waals surface area contributed by atoms with Gasteiger partial charge in [0.25, 0.3) is 0 Å². The van der Waals surface area contributed by atoms with Gasteiger partial charge in [0, 0.05) is 49.4 Å². The zero-order valence-corrected chi connectivity index (χ0v) is 17.5. The molecule has 1 saturated heterocycles. The molecule has 0 bridgehead atoms. The van der Waals surface area contributed by atoms with Crippen molar-refractivity contribution in [3.63, 3.8) is 0 Å². The van der Waals surface area contributed by atoms with Crippen LogP contribution >= 0.6 is 23.4 Å². The SMILES string of the molecule is CC(=O)NC(=N)SC(N)=[N+]1CCN(C(C)c2ccc3c(Cl)ccnc3c2)CC1. The molecular formula is C19H24ClN6OS+. The minimum atomic E-state index is -0.268. The van der Waals surface area contributed by atoms with E-state index in [-0.39, 0.29) is 17.1 Å². The minimum absolute atomic E-state index is 0.0446. The number of fused-ring (bicyclic) bond motifs is 1. The molecule has 1 aromatic heterocycles. The number of amides is 1. The van der Waals surface area contributed by atoms with Crippen LogP contribution in [0.4, 0.5) is 0 Å². The van der Waals surface area contributed by atoms with E-state index in [9.17, 15) is 4.79 Å². The van der Waals surface area contributed by atoms with Gasteiger partial charge in [-0.3, -0.25) is 30.4 Å². The maximum absolute atomic E-state index is 11.0. The number of thioether (sulfide) groups is 1. The normalized spacial score (nSPS) is 16.0. The topological polar surface area (TPSA) is 98.1 Å². The van der Waals surface area contributed by atoms with Gasteiger partial charge in [-0.05, 0) is 24.6 Å². The highest BCUT2D eigenvalue weighted by atomic mass is 35.5. The minimum Gasteiger partial charge on any atom is -0.305 e. The maximum atomic E-state index is 11.0. The second-order valence-corrected chi connectivity index (χ2v) is 8.16. The molecule has 1 aliphatic heterocycles. The summed E-state index contributed by atoms with van der Waals surface area (Å²) in [5.41, 5.74) is 8.22. The molecule has 1 aromatic carbocycles. The van der Waals surface area contributed by atoms with Gasteiger partial charge in [-0.1, -0.05) is 23.7 Å². The van der Waals surface area contributed by atoms with Gasteiger partial charge < -0.3 is 5.32 Å². The number of carbonyl (C=O) groups is 1. The number of pyridine rings is 1. The smallest absolute Gasteiger partial charge is 0.305 e. The van der Waals surface area contributed by atoms with Gasteiger partial charge in [-0.15, -0.1) is 0 Å². The molecule has 9 heteroatoms. The fourth-order valence-electron chi connectivity index (χ4n) is 3.29. The first-order valence-corrected chi connectivity index (χ1v) is 10.2. The summed E-state index contributed by atoms with van der Waals surface area (Å²) in [5, 5.41) is 12.4. The Bertz CT molecular complexity index is 937. The Morgan fingerprint density at radius 3 is 2.79 bits per heavy atom. The zero-order valence-electron chi connectivity index (χ0n) is 15.9. The molecule has 1 atom stereocenters. The standard InChI is InChI=1S/C19H23ClN6OS/c1-12(14-3-4-15-16(20)5-6-23-17(15)11-14)25-7-9-26(10-8-25)19(22)28-18(21)24-13(2)27/h3-6,11-12,22H,7-10H2,1-2H3,(H2,21,24,27)/p+1. The van der Waals surface area contributed by atoms with Crippen molar-refractivity contribution in [3.8, 4) is 0 Å². The molecule has 0 radical (unpaired) electrons. The van der Waals surface area contributed by atoms with E-state index in [1.54, 1.807) is 12.3 Å². The van der Waals surface area contributed by atoms with Gasteiger partial charge in [-0.25, -0.2) is 0 Å². The first kappa shape index (κ1) is 20.6. The number of piperazine rings is 1. The highest BCUT2D eigenvalue weighted by molar-refractivity contribution is 8.26. The number of carbonyl (C=O) groups excluding carboxylic acids is 1. The summed E-state index contributed by atoms with van der Waals surface area (Å²) in [5.74, 6) is -0.268. The molecule has 2 heterocycles. The van der Waals surface area contributed by atoms with Gasteiger partial charge in [0.05, 0.1) is 23.6 Å². The van der Waals surface area contributed by atoms with Crippen molar-refractivity contribution in [3.05, 3.63) is 41.0 Å². The summed E-state index contributed by atoms with van der Waals surface area (Å²) in [6, 6.07) is 8.29. The molecular weight excluding hydrogens is 396 g/mol. The molecule has 3 rings (SSSR count). The summed E-state index contributed by atoms with van der Waals surface area (Å²) in [7, 11) is 0. The molecule has 1 fully saturated rings. The molecule has 1 aliphatic rings. The Hall–Kier alpha value is -2.16. The van der Waals surface area contributed by atoms with Crippen LogP contribution < -0.4 is 11.1 Å². The van der Waals surface area contributed by atoms with Crippen molar-refractivity contribution >= 4 is 50.5 Å². The van der Waals surface area contributed by atoms with Gasteiger partial charge >= 0.3 is 5.17 Å². The van der Waals surface area contributed by atoms with Crippen LogP contribution in [-0.2, 0) is 4.79 Å². The zero-order chi connectivity index (χ0) is 20.3. The van der Waals surface area contributed by atoms with Crippen LogP contribution in [0.15, 0.2) is 30.5 Å². The second-order valence-electron chi connectivity index (χ2n) is 6.72. The van der Waals surface area contributed by atoms with E-state index >= 15 is 0 Å². The quantitative estimate of drug-likeness (QED) is 0.394. The molecule has 4 N–H and O–H groups in total. The molecule has 28 heavy (non-hydrogen) atoms. The van der Waals surface area contributed by atoms with Gasteiger partial charge in [0.2, 0.25) is 5.91 Å². The van der Waals surface area contributed by atoms with Crippen LogP contribution in [0.5, 0.6) is 0 Å². The number of hydrogen-bond acceptors (Lipinski definition) is 5. The summed E-state index contributed by atoms with van der Waals surface area (Å²) in [6.45, 7) is 6.83. The van der Waals surface area contributed by atoms with Crippen molar-refractivity contribution in [2.45, 2.75) is 19.9 Å². The van der Waals surface area contributed by atoms with Gasteiger partial charge in [-0.2, -0.15) is 0 Å². The molecule has 0 spiro atoms. The Balaban J connectivity index is 1.65. The lowest BCUT2D eigenvalue weighted by Crippen LogP contribution is -2.46. The lowest BCUT2D eigenvalue weighted by atomic mass is 10.0. The number of nitrogens with one attached hydrogen (secondary N) is 2. The molecule has 148 valence electrons. The average Bonchev–Trinajstić information content (AvgIpc) is 2.66. The number of halogens is 1. The van der Waals surface area contributed by atoms with Crippen molar-refractivity contribution in [2.24, 2.45) is 5.73 Å². The Labute approximate surface area is 173 Å². The fourth-order valence-corrected chi connectivity index (χ4v) is 4.22. The third kappa shape index (κ3) is 4.81. The van der Waals surface area contributed by atoms with Crippen molar-refractivity contribution in [1.29, 1.82) is 5.41 Å². The largest absolute Gasteiger partial charge is 0.312 e. The van der Waals surface area contributed by atoms with Crippen LogP contribution in [0.3, 0.4) is 0 Å². The van der Waals surface area contributed by atoms with E-state index < -0.39 is 0 Å². The van der Waals surface area contributed by atoms with E-state index in [1.807, 2.05) is 10.6 Å². The lowest BCUT2D eigenvalue weighted by Gasteiger charge is -2.33. The molecule has 2 aromatic rings. The Kier molecular flexibility index (Phi) is 6.53. The van der Waals surface area contributed by atoms with Crippen LogP contribution in [0.25, 0.3) is 10.9 Å². The monoisotopic (exact) mass is 419 g/mol. The van der Waals surface area contributed by atoms with Crippen LogP contribution in [0.2, 0.25) is 5.02 Å². The fraction of sp³-hybridized carbons (Fsp3) is 0.368. The van der Waals surface area contributed by atoms with E-state index in [0.717, 1.165) is 48.8 Å². The van der Waals surface area contributed by atoms with E-state index in [4.69, 9.17) is 22.7 Å². The number of amidine groups is 2. The van der Waals surface area contributed by atoms with Crippen LogP contribution in [0.1, 0.15) is 25.5 Å². The number of nitrogens with two attached hydrogens (primary N) is 1. The summed E-state index contributed by atoms with van der Waals surface area (Å²) >= 11 is 7.31. The lowest BCUT2D eigenvalue weighted by molar-refractivity contribution is -0.538. The molecule has 7 nitrogen and oxygen atoms in total.